The van der Waals surface area contributed by atoms with Gasteiger partial charge in [-0.1, -0.05) is 19.6 Å². The third-order valence-corrected chi connectivity index (χ3v) is 11.3. The van der Waals surface area contributed by atoms with Crippen molar-refractivity contribution >= 4 is 144 Å². The van der Waals surface area contributed by atoms with Gasteiger partial charge in [-0.15, -0.1) is 0 Å². The third-order valence-electron chi connectivity index (χ3n) is 6.48. The van der Waals surface area contributed by atoms with E-state index in [-0.39, 0.29) is 22.4 Å². The van der Waals surface area contributed by atoms with Crippen LogP contribution >= 0.6 is 114 Å². The first-order chi connectivity index (χ1) is 27.5. The lowest BCUT2D eigenvalue weighted by Crippen LogP contribution is -2.39. The van der Waals surface area contributed by atoms with Crippen LogP contribution in [0.25, 0.3) is 0 Å². The van der Waals surface area contributed by atoms with Crippen molar-refractivity contribution in [3.05, 3.63) is 135 Å². The van der Waals surface area contributed by atoms with Gasteiger partial charge in [0, 0.05) is 79.6 Å². The summed E-state index contributed by atoms with van der Waals surface area (Å²) < 4.78 is 11.2. The van der Waals surface area contributed by atoms with Crippen molar-refractivity contribution in [2.24, 2.45) is 0 Å². The van der Waals surface area contributed by atoms with Crippen molar-refractivity contribution in [1.29, 1.82) is 0 Å². The van der Waals surface area contributed by atoms with Gasteiger partial charge in [-0.2, -0.15) is 0 Å². The van der Waals surface area contributed by atoms with Crippen molar-refractivity contribution in [3.8, 4) is 0 Å². The number of aromatic nitrogens is 5. The van der Waals surface area contributed by atoms with E-state index in [0.29, 0.717) is 11.4 Å². The van der Waals surface area contributed by atoms with Crippen LogP contribution < -0.4 is 5.32 Å². The summed E-state index contributed by atoms with van der Waals surface area (Å²) in [6.45, 7) is 20.1. The molecule has 0 spiro atoms. The molecular weight excluding hydrogens is 1240 g/mol. The topological polar surface area (TPSA) is 145 Å². The van der Waals surface area contributed by atoms with Crippen molar-refractivity contribution in [3.63, 3.8) is 0 Å². The molecule has 0 aliphatic rings. The minimum Gasteiger partial charge on any atom is -0.384 e. The second-order valence-corrected chi connectivity index (χ2v) is 25.4. The van der Waals surface area contributed by atoms with Gasteiger partial charge in [0.25, 0.3) is 0 Å². The van der Waals surface area contributed by atoms with Gasteiger partial charge in [0.15, 0.2) is 5.78 Å². The molecule has 0 radical (unpaired) electrons. The highest BCUT2D eigenvalue weighted by molar-refractivity contribution is 14.1. The summed E-state index contributed by atoms with van der Waals surface area (Å²) >= 11 is 23.3. The molecule has 0 amide bonds. The summed E-state index contributed by atoms with van der Waals surface area (Å²) in [7, 11) is 0.496. The second-order valence-electron chi connectivity index (χ2n) is 14.2. The predicted octanol–water partition coefficient (Wildman–Crippen LogP) is 13.0. The summed E-state index contributed by atoms with van der Waals surface area (Å²) in [6.07, 6.45) is 8.70. The number of carbonyl (C=O) groups is 3. The Hall–Kier alpha value is -1.68. The van der Waals surface area contributed by atoms with Gasteiger partial charge in [0.1, 0.15) is 34.5 Å². The maximum atomic E-state index is 10.7. The largest absolute Gasteiger partial charge is 0.384 e. The van der Waals surface area contributed by atoms with E-state index in [2.05, 4.69) is 171 Å². The molecule has 18 heteroatoms. The van der Waals surface area contributed by atoms with E-state index in [0.717, 1.165) is 31.8 Å². The molecule has 5 aromatic rings. The van der Waals surface area contributed by atoms with E-state index in [9.17, 15) is 19.5 Å². The number of hydrogen-bond donors (Lipinski definition) is 1. The molecule has 0 atom stereocenters. The lowest BCUT2D eigenvalue weighted by molar-refractivity contribution is -0.115. The summed E-state index contributed by atoms with van der Waals surface area (Å²) in [5, 5.41) is 10.4. The first kappa shape index (κ1) is 60.4. The van der Waals surface area contributed by atoms with Crippen LogP contribution in [-0.4, -0.2) is 62.0 Å². The maximum Gasteiger partial charge on any atom is 0.218 e. The molecule has 10 nitrogen and oxygen atoms in total. The summed E-state index contributed by atoms with van der Waals surface area (Å²) in [5.41, 5.74) is 0.971. The van der Waals surface area contributed by atoms with Crippen LogP contribution in [0.15, 0.2) is 114 Å². The number of Topliss-reactive ketones (excluding diaryl/α,β-unsaturated/α-hetero) is 2. The minimum absolute atomic E-state index is 0.00694. The van der Waals surface area contributed by atoms with E-state index >= 15 is 0 Å². The number of ketones is 2. The van der Waals surface area contributed by atoms with Crippen LogP contribution in [0.4, 0.5) is 0 Å². The van der Waals surface area contributed by atoms with Crippen LogP contribution in [0.2, 0.25) is 19.6 Å². The van der Waals surface area contributed by atoms with E-state index in [4.69, 9.17) is 4.74 Å². The molecule has 1 N–H and O–H groups in total. The highest BCUT2D eigenvalue weighted by atomic mass is 127. The molecular formula is C42H52Br5ClIN5O5Si. The monoisotopic (exact) mass is 1290 g/mol. The van der Waals surface area contributed by atoms with Crippen LogP contribution in [-0.2, 0) is 25.5 Å². The number of hydrogen-bond acceptors (Lipinski definition) is 10. The van der Waals surface area contributed by atoms with Crippen molar-refractivity contribution in [1.82, 2.24) is 24.9 Å². The molecule has 328 valence electrons. The molecule has 0 aliphatic carbocycles. The molecule has 0 bridgehead atoms. The van der Waals surface area contributed by atoms with Crippen LogP contribution in [0.5, 0.6) is 0 Å². The fraction of sp³-hybridized carbons (Fsp3) is 0.333. The predicted molar refractivity (Wildman–Crippen MR) is 274 cm³/mol. The first-order valence-corrected chi connectivity index (χ1v) is 26.6. The lowest BCUT2D eigenvalue weighted by atomic mass is 10.0. The fourth-order valence-corrected chi connectivity index (χ4v) is 5.86. The summed E-state index contributed by atoms with van der Waals surface area (Å²) in [5.74, 6) is 0.160. The third kappa shape index (κ3) is 32.1. The number of nitrogens with zero attached hydrogens (tertiary/aromatic N) is 5. The minimum atomic E-state index is -1.19. The van der Waals surface area contributed by atoms with Crippen LogP contribution in [0.1, 0.15) is 77.3 Å². The van der Waals surface area contributed by atoms with Gasteiger partial charge >= 0.3 is 0 Å². The fourth-order valence-electron chi connectivity index (χ4n) is 3.34. The Morgan fingerprint density at radius 3 is 1.22 bits per heavy atom. The van der Waals surface area contributed by atoms with Crippen LogP contribution in [0.3, 0.4) is 0 Å². The highest BCUT2D eigenvalue weighted by Gasteiger charge is 2.20. The Bertz CT molecular complexity index is 1890. The van der Waals surface area contributed by atoms with Crippen LogP contribution in [0, 0.1) is 3.70 Å². The molecule has 0 aliphatic heterocycles. The van der Waals surface area contributed by atoms with Crippen molar-refractivity contribution in [2.45, 2.75) is 86.2 Å². The SMILES string of the molecule is Brc1ccc(I)nc1.CC(=O)Cl.CC(=O)c1ccc(Br)cn1.CC(C)(O)c1ccc(Br)cn1.CC(C)=O.COC(C)(C)c1ccc(Br)cn1.C[Si](C)(C)c1ccc(Br)cn1. The van der Waals surface area contributed by atoms with Crippen molar-refractivity contribution in [2.75, 3.05) is 7.11 Å². The van der Waals surface area contributed by atoms with Gasteiger partial charge < -0.3 is 14.6 Å². The Labute approximate surface area is 417 Å². The van der Waals surface area contributed by atoms with E-state index in [1.807, 2.05) is 50.4 Å². The standard InChI is InChI=1S/C9H12BrNO.C8H10BrNO.C8H12BrNSi.C7H6BrNO.C5H3BrIN.C3H6O.C2H3ClO/c1-9(2,12-3)8-5-4-7(10)6-11-8;1-8(2,11)7-4-3-6(9)5-10-7;1-11(2,3)8-5-4-7(9)6-10-8;1-5(10)7-3-2-6(8)4-9-7;6-4-1-2-5(7)8-3-4;1-3(2)4;1-2(3)4/h4-6H,1-3H3;3-5,11H,1-2H3;4-6H,1-3H3;2-4H,1H3;1-3H;1-2H3;1H3. The molecule has 60 heavy (non-hydrogen) atoms. The van der Waals surface area contributed by atoms with E-state index < -0.39 is 13.7 Å². The average molecular weight is 1300 g/mol. The Morgan fingerprint density at radius 2 is 0.967 bits per heavy atom. The molecule has 0 saturated heterocycles. The zero-order chi connectivity index (χ0) is 46.9. The Balaban J connectivity index is 0. The molecule has 0 unspecified atom stereocenters. The maximum absolute atomic E-state index is 10.7. The zero-order valence-corrected chi connectivity index (χ0v) is 47.5. The smallest absolute Gasteiger partial charge is 0.218 e. The van der Waals surface area contributed by atoms with E-state index in [1.54, 1.807) is 63.9 Å². The number of carbonyl (C=O) groups excluding carboxylic acids is 3. The van der Waals surface area contributed by atoms with Gasteiger partial charge in [0.05, 0.1) is 11.4 Å². The molecule has 0 fully saturated rings. The summed E-state index contributed by atoms with van der Waals surface area (Å²) in [6, 6.07) is 19.1. The molecule has 5 aromatic heterocycles. The van der Waals surface area contributed by atoms with Gasteiger partial charge in [-0.25, -0.2) is 4.98 Å². The van der Waals surface area contributed by atoms with Gasteiger partial charge in [0.2, 0.25) is 5.24 Å². The normalized spacial score (nSPS) is 10.3. The average Bonchev–Trinajstić information content (AvgIpc) is 3.13. The number of rotatable bonds is 5. The quantitative estimate of drug-likeness (QED) is 0.0593. The number of ether oxygens (including phenoxy) is 1. The summed E-state index contributed by atoms with van der Waals surface area (Å²) in [4.78, 5) is 49.9. The van der Waals surface area contributed by atoms with Gasteiger partial charge in [-0.05, 0) is 216 Å². The van der Waals surface area contributed by atoms with Crippen molar-refractivity contribution < 1.29 is 24.2 Å². The molecule has 0 saturated carbocycles. The van der Waals surface area contributed by atoms with E-state index in [1.165, 1.54) is 33.0 Å². The second kappa shape index (κ2) is 31.2. The number of methoxy groups -OCH3 is 1. The highest BCUT2D eigenvalue weighted by Crippen LogP contribution is 2.22. The number of halogens is 7. The molecule has 0 aromatic carbocycles. The zero-order valence-electron chi connectivity index (χ0n) is 35.6. The lowest BCUT2D eigenvalue weighted by Gasteiger charge is -2.21. The molecule has 5 rings (SSSR count). The number of pyridine rings is 5. The Kier molecular flexibility index (Phi) is 31.4. The molecule has 5 heterocycles. The first-order valence-electron chi connectivity index (χ1n) is 17.7. The van der Waals surface area contributed by atoms with Gasteiger partial charge in [-0.3, -0.25) is 29.5 Å². The number of aliphatic hydroxyl groups is 1. The Morgan fingerprint density at radius 1 is 0.617 bits per heavy atom.